The van der Waals surface area contributed by atoms with Crippen molar-refractivity contribution in [2.45, 2.75) is 58.7 Å². The maximum atomic E-state index is 13.8. The molecule has 3 rings (SSSR count). The first kappa shape index (κ1) is 32.1. The lowest BCUT2D eigenvalue weighted by Gasteiger charge is -2.32. The highest BCUT2D eigenvalue weighted by atomic mass is 35.5. The Balaban J connectivity index is 1.89. The minimum atomic E-state index is -3.66. The molecular formula is C31H37ClFN3O4S. The molecular weight excluding hydrogens is 565 g/mol. The molecule has 220 valence electrons. The highest BCUT2D eigenvalue weighted by Gasteiger charge is 2.31. The van der Waals surface area contributed by atoms with Crippen LogP contribution >= 0.6 is 11.6 Å². The van der Waals surface area contributed by atoms with Crippen LogP contribution in [0.25, 0.3) is 0 Å². The lowest BCUT2D eigenvalue weighted by atomic mass is 10.0. The van der Waals surface area contributed by atoms with Gasteiger partial charge in [-0.3, -0.25) is 13.9 Å². The van der Waals surface area contributed by atoms with E-state index >= 15 is 0 Å². The van der Waals surface area contributed by atoms with Crippen LogP contribution in [-0.2, 0) is 32.6 Å². The van der Waals surface area contributed by atoms with E-state index in [1.807, 2.05) is 44.2 Å². The molecule has 41 heavy (non-hydrogen) atoms. The number of anilines is 1. The van der Waals surface area contributed by atoms with Crippen LogP contribution < -0.4 is 9.62 Å². The lowest BCUT2D eigenvalue weighted by Crippen LogP contribution is -2.51. The quantitative estimate of drug-likeness (QED) is 0.280. The van der Waals surface area contributed by atoms with E-state index < -0.39 is 21.9 Å². The maximum absolute atomic E-state index is 13.8. The number of halogens is 2. The standard InChI is InChI=1S/C31H37ClFN3O4S/c1-22(2)34-31(38)29(19-24-9-6-5-7-10-24)35(21-25-13-16-27(33)17-14-25)30(37)11-8-18-36(41(4,39)40)28-20-26(32)15-12-23(28)3/h5-7,9-10,12-17,20,22,29H,8,11,18-19,21H2,1-4H3,(H,34,38). The van der Waals surface area contributed by atoms with Crippen molar-refractivity contribution in [1.82, 2.24) is 10.2 Å². The molecule has 1 atom stereocenters. The zero-order chi connectivity index (χ0) is 30.2. The van der Waals surface area contributed by atoms with Crippen molar-refractivity contribution in [3.05, 3.63) is 100 Å². The molecule has 2 amide bonds. The third kappa shape index (κ3) is 9.57. The molecule has 0 bridgehead atoms. The number of sulfonamides is 1. The SMILES string of the molecule is Cc1ccc(Cl)cc1N(CCCC(=O)N(Cc1ccc(F)cc1)C(Cc1ccccc1)C(=O)NC(C)C)S(C)(=O)=O. The van der Waals surface area contributed by atoms with Crippen LogP contribution in [0.4, 0.5) is 10.1 Å². The molecule has 1 N–H and O–H groups in total. The van der Waals surface area contributed by atoms with E-state index in [0.29, 0.717) is 16.3 Å². The van der Waals surface area contributed by atoms with Crippen molar-refractivity contribution in [2.75, 3.05) is 17.1 Å². The molecule has 1 unspecified atom stereocenters. The molecule has 0 aliphatic carbocycles. The van der Waals surface area contributed by atoms with Gasteiger partial charge in [-0.15, -0.1) is 0 Å². The topological polar surface area (TPSA) is 86.8 Å². The van der Waals surface area contributed by atoms with Gasteiger partial charge in [-0.1, -0.05) is 60.1 Å². The monoisotopic (exact) mass is 601 g/mol. The molecule has 0 aliphatic heterocycles. The van der Waals surface area contributed by atoms with Crippen LogP contribution in [0.2, 0.25) is 5.02 Å². The normalized spacial score (nSPS) is 12.2. The van der Waals surface area contributed by atoms with E-state index in [4.69, 9.17) is 11.6 Å². The van der Waals surface area contributed by atoms with Gasteiger partial charge in [0.2, 0.25) is 21.8 Å². The third-order valence-corrected chi connectivity index (χ3v) is 7.98. The van der Waals surface area contributed by atoms with Gasteiger partial charge < -0.3 is 10.2 Å². The van der Waals surface area contributed by atoms with Gasteiger partial charge >= 0.3 is 0 Å². The van der Waals surface area contributed by atoms with Crippen LogP contribution in [0.1, 0.15) is 43.4 Å². The second-order valence-electron chi connectivity index (χ2n) is 10.4. The molecule has 0 fully saturated rings. The van der Waals surface area contributed by atoms with Crippen molar-refractivity contribution in [3.63, 3.8) is 0 Å². The molecule has 10 heteroatoms. The number of aryl methyl sites for hydroxylation is 1. The number of hydrogen-bond donors (Lipinski definition) is 1. The van der Waals surface area contributed by atoms with Crippen LogP contribution in [0, 0.1) is 12.7 Å². The number of carbonyl (C=O) groups is 2. The molecule has 3 aromatic rings. The maximum Gasteiger partial charge on any atom is 0.243 e. The van der Waals surface area contributed by atoms with Gasteiger partial charge in [0.25, 0.3) is 0 Å². The fourth-order valence-corrected chi connectivity index (χ4v) is 5.74. The van der Waals surface area contributed by atoms with Gasteiger partial charge in [0, 0.05) is 37.0 Å². The van der Waals surface area contributed by atoms with Crippen LogP contribution in [-0.4, -0.2) is 50.0 Å². The van der Waals surface area contributed by atoms with E-state index in [1.54, 1.807) is 37.3 Å². The Bertz CT molecular complexity index is 1430. The van der Waals surface area contributed by atoms with Crippen molar-refractivity contribution in [1.29, 1.82) is 0 Å². The highest BCUT2D eigenvalue weighted by molar-refractivity contribution is 7.92. The molecule has 0 aromatic heterocycles. The average molecular weight is 602 g/mol. The zero-order valence-electron chi connectivity index (χ0n) is 23.8. The van der Waals surface area contributed by atoms with Gasteiger partial charge in [-0.2, -0.15) is 0 Å². The first-order chi connectivity index (χ1) is 19.3. The molecule has 0 saturated carbocycles. The van der Waals surface area contributed by atoms with E-state index in [0.717, 1.165) is 17.4 Å². The number of nitrogens with one attached hydrogen (secondary N) is 1. The number of benzene rings is 3. The third-order valence-electron chi connectivity index (χ3n) is 6.56. The van der Waals surface area contributed by atoms with Crippen LogP contribution in [0.5, 0.6) is 0 Å². The summed E-state index contributed by atoms with van der Waals surface area (Å²) in [7, 11) is -3.66. The summed E-state index contributed by atoms with van der Waals surface area (Å²) in [6.07, 6.45) is 1.60. The summed E-state index contributed by atoms with van der Waals surface area (Å²) in [5.41, 5.74) is 2.74. The van der Waals surface area contributed by atoms with E-state index in [-0.39, 0.29) is 50.2 Å². The minimum Gasteiger partial charge on any atom is -0.352 e. The molecule has 0 heterocycles. The molecule has 3 aromatic carbocycles. The minimum absolute atomic E-state index is 0.00687. The Labute approximate surface area is 247 Å². The largest absolute Gasteiger partial charge is 0.352 e. The number of rotatable bonds is 13. The predicted molar refractivity (Wildman–Crippen MR) is 162 cm³/mol. The van der Waals surface area contributed by atoms with Gasteiger partial charge in [0.05, 0.1) is 11.9 Å². The Morgan fingerprint density at radius 1 is 0.976 bits per heavy atom. The Kier molecular flexibility index (Phi) is 11.3. The lowest BCUT2D eigenvalue weighted by molar-refractivity contribution is -0.141. The molecule has 0 saturated heterocycles. The summed E-state index contributed by atoms with van der Waals surface area (Å²) in [6.45, 7) is 5.63. The van der Waals surface area contributed by atoms with Gasteiger partial charge in [0.1, 0.15) is 11.9 Å². The smallest absolute Gasteiger partial charge is 0.243 e. The number of carbonyl (C=O) groups excluding carboxylic acids is 2. The number of hydrogen-bond acceptors (Lipinski definition) is 4. The summed E-state index contributed by atoms with van der Waals surface area (Å²) in [4.78, 5) is 28.8. The molecule has 0 aliphatic rings. The molecule has 7 nitrogen and oxygen atoms in total. The molecule has 0 spiro atoms. The van der Waals surface area contributed by atoms with Gasteiger partial charge in [-0.05, 0) is 68.1 Å². The average Bonchev–Trinajstić information content (AvgIpc) is 2.90. The second kappa shape index (κ2) is 14.5. The summed E-state index contributed by atoms with van der Waals surface area (Å²) >= 11 is 6.15. The summed E-state index contributed by atoms with van der Waals surface area (Å²) in [5, 5.41) is 3.33. The summed E-state index contributed by atoms with van der Waals surface area (Å²) in [5.74, 6) is -1.01. The highest BCUT2D eigenvalue weighted by Crippen LogP contribution is 2.27. The van der Waals surface area contributed by atoms with Crippen LogP contribution in [0.3, 0.4) is 0 Å². The second-order valence-corrected chi connectivity index (χ2v) is 12.7. The molecule has 0 radical (unpaired) electrons. The fraction of sp³-hybridized carbons (Fsp3) is 0.355. The summed E-state index contributed by atoms with van der Waals surface area (Å²) < 4.78 is 40.2. The van der Waals surface area contributed by atoms with E-state index in [9.17, 15) is 22.4 Å². The number of nitrogens with zero attached hydrogens (tertiary/aromatic N) is 2. The zero-order valence-corrected chi connectivity index (χ0v) is 25.4. The van der Waals surface area contributed by atoms with Gasteiger partial charge in [0.15, 0.2) is 0 Å². The number of amides is 2. The Morgan fingerprint density at radius 3 is 2.24 bits per heavy atom. The van der Waals surface area contributed by atoms with Gasteiger partial charge in [-0.25, -0.2) is 12.8 Å². The summed E-state index contributed by atoms with van der Waals surface area (Å²) in [6, 6.07) is 19.3. The van der Waals surface area contributed by atoms with Crippen molar-refractivity contribution >= 4 is 39.1 Å². The fourth-order valence-electron chi connectivity index (χ4n) is 4.55. The van der Waals surface area contributed by atoms with Crippen molar-refractivity contribution in [2.24, 2.45) is 0 Å². The first-order valence-corrected chi connectivity index (χ1v) is 15.7. The Hall–Kier alpha value is -3.43. The van der Waals surface area contributed by atoms with Crippen LogP contribution in [0.15, 0.2) is 72.8 Å². The van der Waals surface area contributed by atoms with Crippen molar-refractivity contribution in [3.8, 4) is 0 Å². The van der Waals surface area contributed by atoms with E-state index in [2.05, 4.69) is 5.32 Å². The van der Waals surface area contributed by atoms with Crippen molar-refractivity contribution < 1.29 is 22.4 Å². The predicted octanol–water partition coefficient (Wildman–Crippen LogP) is 5.50. The Morgan fingerprint density at radius 2 is 1.63 bits per heavy atom. The first-order valence-electron chi connectivity index (χ1n) is 13.5. The van der Waals surface area contributed by atoms with E-state index in [1.165, 1.54) is 21.3 Å².